The summed E-state index contributed by atoms with van der Waals surface area (Å²) >= 11 is 0. The van der Waals surface area contributed by atoms with Gasteiger partial charge >= 0.3 is 0 Å². The summed E-state index contributed by atoms with van der Waals surface area (Å²) in [4.78, 5) is 19.4. The average Bonchev–Trinajstić information content (AvgIpc) is 2.96. The summed E-state index contributed by atoms with van der Waals surface area (Å²) in [5, 5.41) is 5.30. The van der Waals surface area contributed by atoms with Crippen molar-refractivity contribution in [3.05, 3.63) is 23.5 Å². The van der Waals surface area contributed by atoms with Crippen molar-refractivity contribution in [2.24, 2.45) is 5.73 Å². The van der Waals surface area contributed by atoms with E-state index in [0.717, 1.165) is 42.5 Å². The number of carbonyl (C=O) groups is 1. The van der Waals surface area contributed by atoms with Gasteiger partial charge in [0.25, 0.3) is 5.91 Å². The second-order valence-electron chi connectivity index (χ2n) is 6.55. The normalized spacial score (nSPS) is 20.0. The molecule has 3 rings (SSSR count). The van der Waals surface area contributed by atoms with E-state index in [0.29, 0.717) is 12.1 Å². The topological polar surface area (TPSA) is 77.0 Å². The van der Waals surface area contributed by atoms with Gasteiger partial charge in [0.05, 0.1) is 23.2 Å². The smallest absolute Gasteiger partial charge is 0.254 e. The Kier molecular flexibility index (Phi) is 4.35. The lowest BCUT2D eigenvalue weighted by Gasteiger charge is -2.31. The van der Waals surface area contributed by atoms with E-state index in [1.807, 2.05) is 22.6 Å². The molecule has 2 aromatic rings. The standard InChI is InChI=1S/C17H25N5O/c1-4-12(3)22-16-15(9-19-22)14(8-11(2)20-16)17(23)21-7-5-6-13(18)10-21/h8-9,12-13H,4-7,10,18H2,1-3H3. The highest BCUT2D eigenvalue weighted by Crippen LogP contribution is 2.24. The molecule has 6 nitrogen and oxygen atoms in total. The van der Waals surface area contributed by atoms with Crippen molar-refractivity contribution in [3.8, 4) is 0 Å². The molecule has 1 fully saturated rings. The molecule has 0 aliphatic carbocycles. The highest BCUT2D eigenvalue weighted by atomic mass is 16.2. The molecule has 1 saturated heterocycles. The molecular formula is C17H25N5O. The zero-order valence-corrected chi connectivity index (χ0v) is 14.1. The monoisotopic (exact) mass is 315 g/mol. The minimum absolute atomic E-state index is 0.0411. The number of hydrogen-bond acceptors (Lipinski definition) is 4. The van der Waals surface area contributed by atoms with Crippen LogP contribution in [0, 0.1) is 6.92 Å². The number of aromatic nitrogens is 3. The van der Waals surface area contributed by atoms with Crippen LogP contribution in [0.3, 0.4) is 0 Å². The van der Waals surface area contributed by atoms with Crippen molar-refractivity contribution < 1.29 is 4.79 Å². The van der Waals surface area contributed by atoms with E-state index >= 15 is 0 Å². The summed E-state index contributed by atoms with van der Waals surface area (Å²) in [6.45, 7) is 7.55. The molecule has 0 bridgehead atoms. The predicted octanol–water partition coefficient (Wildman–Crippen LogP) is 2.27. The van der Waals surface area contributed by atoms with Crippen LogP contribution >= 0.6 is 0 Å². The third-order valence-corrected chi connectivity index (χ3v) is 4.68. The van der Waals surface area contributed by atoms with Crippen LogP contribution in [0.1, 0.15) is 55.2 Å². The molecule has 124 valence electrons. The third kappa shape index (κ3) is 2.95. The van der Waals surface area contributed by atoms with Gasteiger partial charge in [-0.05, 0) is 39.2 Å². The maximum Gasteiger partial charge on any atom is 0.254 e. The van der Waals surface area contributed by atoms with Gasteiger partial charge in [0.1, 0.15) is 0 Å². The van der Waals surface area contributed by atoms with Gasteiger partial charge < -0.3 is 10.6 Å². The Morgan fingerprint density at radius 2 is 2.30 bits per heavy atom. The van der Waals surface area contributed by atoms with Crippen molar-refractivity contribution in [1.82, 2.24) is 19.7 Å². The fourth-order valence-electron chi connectivity index (χ4n) is 3.18. The molecular weight excluding hydrogens is 290 g/mol. The lowest BCUT2D eigenvalue weighted by Crippen LogP contribution is -2.45. The number of amides is 1. The number of nitrogens with two attached hydrogens (primary N) is 1. The molecule has 0 saturated carbocycles. The lowest BCUT2D eigenvalue weighted by molar-refractivity contribution is 0.0710. The first-order valence-corrected chi connectivity index (χ1v) is 8.41. The molecule has 2 atom stereocenters. The van der Waals surface area contributed by atoms with Crippen molar-refractivity contribution in [3.63, 3.8) is 0 Å². The van der Waals surface area contributed by atoms with E-state index in [1.54, 1.807) is 6.20 Å². The van der Waals surface area contributed by atoms with Crippen molar-refractivity contribution >= 4 is 16.9 Å². The second kappa shape index (κ2) is 6.28. The Bertz CT molecular complexity index is 723. The van der Waals surface area contributed by atoms with Crippen molar-refractivity contribution in [2.75, 3.05) is 13.1 Å². The average molecular weight is 315 g/mol. The van der Waals surface area contributed by atoms with E-state index < -0.39 is 0 Å². The van der Waals surface area contributed by atoms with Crippen LogP contribution in [0.25, 0.3) is 11.0 Å². The molecule has 1 amide bonds. The number of carbonyl (C=O) groups excluding carboxylic acids is 1. The fraction of sp³-hybridized carbons (Fsp3) is 0.588. The lowest BCUT2D eigenvalue weighted by atomic mass is 10.0. The number of aryl methyl sites for hydroxylation is 1. The highest BCUT2D eigenvalue weighted by molar-refractivity contribution is 6.05. The molecule has 3 heterocycles. The first-order chi connectivity index (χ1) is 11.0. The quantitative estimate of drug-likeness (QED) is 0.942. The number of hydrogen-bond donors (Lipinski definition) is 1. The molecule has 2 N–H and O–H groups in total. The van der Waals surface area contributed by atoms with E-state index in [-0.39, 0.29) is 18.0 Å². The van der Waals surface area contributed by atoms with Crippen LogP contribution in [0.4, 0.5) is 0 Å². The van der Waals surface area contributed by atoms with Gasteiger partial charge in [0.2, 0.25) is 0 Å². The molecule has 1 aliphatic rings. The fourth-order valence-corrected chi connectivity index (χ4v) is 3.18. The first-order valence-electron chi connectivity index (χ1n) is 8.41. The number of piperidine rings is 1. The van der Waals surface area contributed by atoms with Gasteiger partial charge in [-0.15, -0.1) is 0 Å². The number of pyridine rings is 1. The first kappa shape index (κ1) is 15.9. The zero-order chi connectivity index (χ0) is 16.6. The number of likely N-dealkylation sites (tertiary alicyclic amines) is 1. The van der Waals surface area contributed by atoms with Crippen LogP contribution < -0.4 is 5.73 Å². The molecule has 23 heavy (non-hydrogen) atoms. The van der Waals surface area contributed by atoms with Crippen LogP contribution in [0.5, 0.6) is 0 Å². The van der Waals surface area contributed by atoms with E-state index in [9.17, 15) is 4.79 Å². The summed E-state index contributed by atoms with van der Waals surface area (Å²) in [5.41, 5.74) is 8.35. The van der Waals surface area contributed by atoms with Crippen LogP contribution in [-0.2, 0) is 0 Å². The highest BCUT2D eigenvalue weighted by Gasteiger charge is 2.25. The van der Waals surface area contributed by atoms with Crippen LogP contribution in [0.15, 0.2) is 12.3 Å². The maximum atomic E-state index is 13.0. The Balaban J connectivity index is 2.03. The maximum absolute atomic E-state index is 13.0. The SMILES string of the molecule is CCC(C)n1ncc2c(C(=O)N3CCCC(N)C3)cc(C)nc21. The van der Waals surface area contributed by atoms with Crippen LogP contribution in [0.2, 0.25) is 0 Å². The molecule has 0 aromatic carbocycles. The summed E-state index contributed by atoms with van der Waals surface area (Å²) < 4.78 is 1.92. The molecule has 2 unspecified atom stereocenters. The molecule has 0 radical (unpaired) electrons. The zero-order valence-electron chi connectivity index (χ0n) is 14.1. The van der Waals surface area contributed by atoms with Gasteiger partial charge in [-0.1, -0.05) is 6.92 Å². The Morgan fingerprint density at radius 3 is 3.00 bits per heavy atom. The molecule has 6 heteroatoms. The second-order valence-corrected chi connectivity index (χ2v) is 6.55. The Morgan fingerprint density at radius 1 is 1.52 bits per heavy atom. The van der Waals surface area contributed by atoms with Gasteiger partial charge in [-0.25, -0.2) is 9.67 Å². The molecule has 2 aromatic heterocycles. The van der Waals surface area contributed by atoms with Gasteiger partial charge in [0.15, 0.2) is 5.65 Å². The number of fused-ring (bicyclic) bond motifs is 1. The minimum atomic E-state index is 0.0411. The number of nitrogens with zero attached hydrogens (tertiary/aromatic N) is 4. The third-order valence-electron chi connectivity index (χ3n) is 4.68. The van der Waals surface area contributed by atoms with Crippen molar-refractivity contribution in [2.45, 2.75) is 52.1 Å². The summed E-state index contributed by atoms with van der Waals surface area (Å²) in [7, 11) is 0. The molecule has 1 aliphatic heterocycles. The number of rotatable bonds is 3. The van der Waals surface area contributed by atoms with Crippen LogP contribution in [-0.4, -0.2) is 44.7 Å². The van der Waals surface area contributed by atoms with E-state index in [2.05, 4.69) is 23.9 Å². The van der Waals surface area contributed by atoms with E-state index in [1.165, 1.54) is 0 Å². The summed E-state index contributed by atoms with van der Waals surface area (Å²) in [6.07, 6.45) is 4.69. The van der Waals surface area contributed by atoms with Crippen molar-refractivity contribution in [1.29, 1.82) is 0 Å². The molecule has 0 spiro atoms. The van der Waals surface area contributed by atoms with Gasteiger partial charge in [-0.2, -0.15) is 5.10 Å². The summed E-state index contributed by atoms with van der Waals surface area (Å²) in [6, 6.07) is 2.20. The largest absolute Gasteiger partial charge is 0.337 e. The van der Waals surface area contributed by atoms with Gasteiger partial charge in [-0.3, -0.25) is 4.79 Å². The minimum Gasteiger partial charge on any atom is -0.337 e. The summed E-state index contributed by atoms with van der Waals surface area (Å²) in [5.74, 6) is 0.0411. The Hall–Kier alpha value is -1.95. The Labute approximate surface area is 136 Å². The predicted molar refractivity (Wildman–Crippen MR) is 90.4 cm³/mol. The van der Waals surface area contributed by atoms with E-state index in [4.69, 9.17) is 5.73 Å². The van der Waals surface area contributed by atoms with Gasteiger partial charge in [0, 0.05) is 24.8 Å².